The maximum Gasteiger partial charge on any atom is 0.303 e. The molecule has 76 valence electrons. The number of hydrogen-bond donors (Lipinski definition) is 1. The lowest BCUT2D eigenvalue weighted by Gasteiger charge is -2.12. The van der Waals surface area contributed by atoms with Gasteiger partial charge in [0.25, 0.3) is 0 Å². The topological polar surface area (TPSA) is 37.3 Å². The van der Waals surface area contributed by atoms with E-state index < -0.39 is 14.0 Å². The van der Waals surface area contributed by atoms with Crippen molar-refractivity contribution in [1.29, 1.82) is 0 Å². The van der Waals surface area contributed by atoms with Crippen LogP contribution in [0.2, 0.25) is 25.7 Å². The molecular formula is C10H20O2Si. The summed E-state index contributed by atoms with van der Waals surface area (Å²) in [5.74, 6) is -0.708. The first-order chi connectivity index (χ1) is 5.81. The molecule has 0 aromatic carbocycles. The number of carbonyl (C=O) groups is 1. The maximum absolute atomic E-state index is 10.3. The monoisotopic (exact) mass is 200 g/mol. The molecule has 0 aromatic rings. The Bertz CT molecular complexity index is 201. The second kappa shape index (κ2) is 5.22. The van der Waals surface area contributed by atoms with Crippen LogP contribution in [0.25, 0.3) is 0 Å². The number of carboxylic acids is 1. The summed E-state index contributed by atoms with van der Waals surface area (Å²) < 4.78 is 0. The number of allylic oxidation sites excluding steroid dienone is 2. The zero-order chi connectivity index (χ0) is 10.5. The van der Waals surface area contributed by atoms with Crippen LogP contribution in [-0.4, -0.2) is 19.1 Å². The zero-order valence-corrected chi connectivity index (χ0v) is 10.1. The van der Waals surface area contributed by atoms with E-state index in [1.807, 2.05) is 6.92 Å². The Kier molecular flexibility index (Phi) is 4.99. The first kappa shape index (κ1) is 12.4. The molecule has 0 spiro atoms. The number of aliphatic carboxylic acids is 1. The van der Waals surface area contributed by atoms with Crippen molar-refractivity contribution in [3.63, 3.8) is 0 Å². The van der Waals surface area contributed by atoms with Crippen LogP contribution in [-0.2, 0) is 4.79 Å². The Morgan fingerprint density at radius 1 is 1.31 bits per heavy atom. The van der Waals surface area contributed by atoms with Crippen LogP contribution in [0, 0.1) is 0 Å². The molecule has 0 atom stereocenters. The molecule has 0 aliphatic heterocycles. The molecule has 0 saturated carbocycles. The fourth-order valence-corrected chi connectivity index (χ4v) is 1.85. The molecule has 0 saturated heterocycles. The van der Waals surface area contributed by atoms with Crippen molar-refractivity contribution in [2.75, 3.05) is 0 Å². The highest BCUT2D eigenvalue weighted by Crippen LogP contribution is 2.13. The van der Waals surface area contributed by atoms with Gasteiger partial charge in [0.1, 0.15) is 0 Å². The van der Waals surface area contributed by atoms with Gasteiger partial charge in [0, 0.05) is 14.5 Å². The predicted molar refractivity (Wildman–Crippen MR) is 58.8 cm³/mol. The Balaban J connectivity index is 3.83. The molecule has 0 unspecified atom stereocenters. The van der Waals surface area contributed by atoms with Crippen LogP contribution in [0.5, 0.6) is 0 Å². The third-order valence-electron chi connectivity index (χ3n) is 1.80. The van der Waals surface area contributed by atoms with Crippen molar-refractivity contribution in [3.05, 3.63) is 11.6 Å². The van der Waals surface area contributed by atoms with Crippen molar-refractivity contribution in [1.82, 2.24) is 0 Å². The Labute approximate surface area is 81.7 Å². The maximum atomic E-state index is 10.3. The lowest BCUT2D eigenvalue weighted by molar-refractivity contribution is -0.136. The van der Waals surface area contributed by atoms with Gasteiger partial charge in [-0.3, -0.25) is 4.79 Å². The van der Waals surface area contributed by atoms with E-state index in [9.17, 15) is 4.79 Å². The molecular weight excluding hydrogens is 180 g/mol. The summed E-state index contributed by atoms with van der Waals surface area (Å²) in [7, 11) is -1.00. The number of hydrogen-bond acceptors (Lipinski definition) is 1. The lowest BCUT2D eigenvalue weighted by atomic mass is 10.1. The standard InChI is InChI=1S/C10H20O2Si/c1-9(5-6-10(11)12)7-8-13(2,3)4/h7H,5-6,8H2,1-4H3,(H,11,12)/b9-7+. The fraction of sp³-hybridized carbons (Fsp3) is 0.700. The Hall–Kier alpha value is -0.573. The first-order valence-corrected chi connectivity index (χ1v) is 8.39. The van der Waals surface area contributed by atoms with Gasteiger partial charge in [-0.2, -0.15) is 0 Å². The molecule has 2 nitrogen and oxygen atoms in total. The molecule has 0 aliphatic rings. The van der Waals surface area contributed by atoms with E-state index in [1.54, 1.807) is 0 Å². The minimum Gasteiger partial charge on any atom is -0.481 e. The van der Waals surface area contributed by atoms with Gasteiger partial charge < -0.3 is 5.11 Å². The van der Waals surface area contributed by atoms with Crippen molar-refractivity contribution < 1.29 is 9.90 Å². The highest BCUT2D eigenvalue weighted by molar-refractivity contribution is 6.76. The van der Waals surface area contributed by atoms with Crippen molar-refractivity contribution in [2.24, 2.45) is 0 Å². The van der Waals surface area contributed by atoms with E-state index in [1.165, 1.54) is 5.57 Å². The summed E-state index contributed by atoms with van der Waals surface area (Å²) in [6, 6.07) is 1.15. The molecule has 0 aromatic heterocycles. The van der Waals surface area contributed by atoms with Crippen LogP contribution in [0.3, 0.4) is 0 Å². The van der Waals surface area contributed by atoms with Gasteiger partial charge in [0.05, 0.1) is 0 Å². The summed E-state index contributed by atoms with van der Waals surface area (Å²) in [4.78, 5) is 10.3. The molecule has 0 aliphatic carbocycles. The molecule has 0 fully saturated rings. The quantitative estimate of drug-likeness (QED) is 0.547. The highest BCUT2D eigenvalue weighted by atomic mass is 28.3. The van der Waals surface area contributed by atoms with E-state index in [4.69, 9.17) is 5.11 Å². The molecule has 0 rings (SSSR count). The van der Waals surface area contributed by atoms with E-state index in [0.717, 1.165) is 6.04 Å². The number of rotatable bonds is 5. The van der Waals surface area contributed by atoms with Gasteiger partial charge in [-0.15, -0.1) is 0 Å². The van der Waals surface area contributed by atoms with E-state index >= 15 is 0 Å². The summed E-state index contributed by atoms with van der Waals surface area (Å²) in [6.07, 6.45) is 3.16. The van der Waals surface area contributed by atoms with Crippen LogP contribution in [0.4, 0.5) is 0 Å². The van der Waals surface area contributed by atoms with Gasteiger partial charge in [-0.05, 0) is 19.4 Å². The molecule has 0 radical (unpaired) electrons. The second-order valence-corrected chi connectivity index (χ2v) is 10.2. The van der Waals surface area contributed by atoms with Gasteiger partial charge in [0.15, 0.2) is 0 Å². The van der Waals surface area contributed by atoms with Crippen molar-refractivity contribution >= 4 is 14.0 Å². The SMILES string of the molecule is C/C(=C\C[Si](C)(C)C)CCC(=O)O. The normalized spacial score (nSPS) is 13.1. The van der Waals surface area contributed by atoms with Crippen LogP contribution in [0.1, 0.15) is 19.8 Å². The average Bonchev–Trinajstić information content (AvgIpc) is 1.95. The second-order valence-electron chi connectivity index (χ2n) is 4.71. The largest absolute Gasteiger partial charge is 0.481 e. The summed E-state index contributed by atoms with van der Waals surface area (Å²) in [5, 5.41) is 8.47. The third kappa shape index (κ3) is 9.34. The van der Waals surface area contributed by atoms with Crippen molar-refractivity contribution in [3.8, 4) is 0 Å². The zero-order valence-electron chi connectivity index (χ0n) is 9.05. The summed E-state index contributed by atoms with van der Waals surface area (Å²) in [6.45, 7) is 8.96. The Morgan fingerprint density at radius 2 is 1.85 bits per heavy atom. The molecule has 0 bridgehead atoms. The molecule has 1 N–H and O–H groups in total. The minimum absolute atomic E-state index is 0.258. The van der Waals surface area contributed by atoms with E-state index in [-0.39, 0.29) is 6.42 Å². The van der Waals surface area contributed by atoms with E-state index in [0.29, 0.717) is 6.42 Å². The summed E-state index contributed by atoms with van der Waals surface area (Å²) >= 11 is 0. The third-order valence-corrected chi connectivity index (χ3v) is 3.22. The van der Waals surface area contributed by atoms with Crippen LogP contribution >= 0.6 is 0 Å². The minimum atomic E-state index is -1.00. The first-order valence-electron chi connectivity index (χ1n) is 4.69. The van der Waals surface area contributed by atoms with Crippen molar-refractivity contribution in [2.45, 2.75) is 45.5 Å². The Morgan fingerprint density at radius 3 is 2.23 bits per heavy atom. The van der Waals surface area contributed by atoms with Crippen LogP contribution < -0.4 is 0 Å². The molecule has 0 amide bonds. The van der Waals surface area contributed by atoms with Gasteiger partial charge in [-0.1, -0.05) is 31.3 Å². The number of carboxylic acid groups (broad SMARTS) is 1. The van der Waals surface area contributed by atoms with Gasteiger partial charge >= 0.3 is 5.97 Å². The predicted octanol–water partition coefficient (Wildman–Crippen LogP) is 3.14. The lowest BCUT2D eigenvalue weighted by Crippen LogP contribution is -2.17. The molecule has 0 heterocycles. The fourth-order valence-electron chi connectivity index (χ4n) is 0.887. The molecule has 3 heteroatoms. The van der Waals surface area contributed by atoms with Gasteiger partial charge in [-0.25, -0.2) is 0 Å². The highest BCUT2D eigenvalue weighted by Gasteiger charge is 2.10. The smallest absolute Gasteiger partial charge is 0.303 e. The van der Waals surface area contributed by atoms with Gasteiger partial charge in [0.2, 0.25) is 0 Å². The summed E-state index contributed by atoms with van der Waals surface area (Å²) in [5.41, 5.74) is 1.21. The van der Waals surface area contributed by atoms with E-state index in [2.05, 4.69) is 25.7 Å². The van der Waals surface area contributed by atoms with Crippen LogP contribution in [0.15, 0.2) is 11.6 Å². The molecule has 13 heavy (non-hydrogen) atoms. The average molecular weight is 200 g/mol.